The number of hydrogen-bond donors (Lipinski definition) is 0. The average molecular weight is 320 g/mol. The Hall–Kier alpha value is -2.33. The summed E-state index contributed by atoms with van der Waals surface area (Å²) in [5.74, 6) is 2.33. The first-order valence-electron chi connectivity index (χ1n) is 7.53. The number of aryl methyl sites for hydroxylation is 1. The molecule has 0 bridgehead atoms. The van der Waals surface area contributed by atoms with Gasteiger partial charge >= 0.3 is 0 Å². The van der Waals surface area contributed by atoms with E-state index in [1.807, 2.05) is 36.6 Å². The fourth-order valence-electron chi connectivity index (χ4n) is 2.85. The number of para-hydroxylation sites is 1. The highest BCUT2D eigenvalue weighted by Crippen LogP contribution is 2.41. The fraction of sp³-hybridized carbons (Fsp3) is 0.158. The molecule has 0 fully saturated rings. The van der Waals surface area contributed by atoms with Gasteiger partial charge in [0.2, 0.25) is 5.88 Å². The van der Waals surface area contributed by atoms with Gasteiger partial charge in [0.15, 0.2) is 5.82 Å². The zero-order valence-corrected chi connectivity index (χ0v) is 13.9. The highest BCUT2D eigenvalue weighted by molar-refractivity contribution is 7.98. The molecule has 0 amide bonds. The summed E-state index contributed by atoms with van der Waals surface area (Å²) in [7, 11) is 0. The Morgan fingerprint density at radius 3 is 2.61 bits per heavy atom. The summed E-state index contributed by atoms with van der Waals surface area (Å²) >= 11 is 1.64. The summed E-state index contributed by atoms with van der Waals surface area (Å²) in [6.45, 7) is 2.07. The molecule has 0 atom stereocenters. The van der Waals surface area contributed by atoms with E-state index in [0.29, 0.717) is 11.7 Å². The zero-order chi connectivity index (χ0) is 15.8. The van der Waals surface area contributed by atoms with Crippen LogP contribution < -0.4 is 4.74 Å². The lowest BCUT2D eigenvalue weighted by atomic mass is 10.0. The second kappa shape index (κ2) is 5.70. The number of hydrogen-bond acceptors (Lipinski definition) is 4. The van der Waals surface area contributed by atoms with Crippen LogP contribution in [0.25, 0.3) is 11.4 Å². The lowest BCUT2D eigenvalue weighted by molar-refractivity contribution is 0.432. The molecule has 3 aromatic rings. The SMILES string of the molecule is CSc1nc(-c2ccccc2)nc2c1Cc1cccc(C)c1O2. The van der Waals surface area contributed by atoms with Crippen molar-refractivity contribution in [3.8, 4) is 23.0 Å². The van der Waals surface area contributed by atoms with Gasteiger partial charge in [0.25, 0.3) is 0 Å². The number of thioether (sulfide) groups is 1. The molecule has 0 saturated heterocycles. The number of benzene rings is 2. The summed E-state index contributed by atoms with van der Waals surface area (Å²) in [6, 6.07) is 16.3. The van der Waals surface area contributed by atoms with Gasteiger partial charge in [0.05, 0.1) is 5.56 Å². The van der Waals surface area contributed by atoms with Crippen LogP contribution in [0.1, 0.15) is 16.7 Å². The minimum Gasteiger partial charge on any atom is -0.438 e. The number of aromatic nitrogens is 2. The van der Waals surface area contributed by atoms with Crippen LogP contribution in [0.15, 0.2) is 53.6 Å². The molecule has 23 heavy (non-hydrogen) atoms. The number of ether oxygens (including phenoxy) is 1. The van der Waals surface area contributed by atoms with Crippen molar-refractivity contribution in [1.82, 2.24) is 9.97 Å². The molecule has 0 unspecified atom stereocenters. The van der Waals surface area contributed by atoms with E-state index in [1.165, 1.54) is 5.56 Å². The molecule has 1 aliphatic rings. The first kappa shape index (κ1) is 14.3. The van der Waals surface area contributed by atoms with Crippen LogP contribution in [0.4, 0.5) is 0 Å². The third kappa shape index (κ3) is 2.49. The molecule has 2 aromatic carbocycles. The van der Waals surface area contributed by atoms with Gasteiger partial charge in [-0.2, -0.15) is 4.98 Å². The van der Waals surface area contributed by atoms with Crippen molar-refractivity contribution in [3.05, 3.63) is 65.2 Å². The van der Waals surface area contributed by atoms with Crippen molar-refractivity contribution in [2.75, 3.05) is 6.26 Å². The number of rotatable bonds is 2. The highest BCUT2D eigenvalue weighted by Gasteiger charge is 2.24. The lowest BCUT2D eigenvalue weighted by Gasteiger charge is -2.22. The van der Waals surface area contributed by atoms with Gasteiger partial charge in [0, 0.05) is 12.0 Å². The molecule has 0 N–H and O–H groups in total. The fourth-order valence-corrected chi connectivity index (χ4v) is 3.43. The van der Waals surface area contributed by atoms with Crippen LogP contribution in [-0.2, 0) is 6.42 Å². The van der Waals surface area contributed by atoms with E-state index in [-0.39, 0.29) is 0 Å². The van der Waals surface area contributed by atoms with Crippen molar-refractivity contribution in [2.24, 2.45) is 0 Å². The Kier molecular flexibility index (Phi) is 3.54. The number of fused-ring (bicyclic) bond motifs is 2. The van der Waals surface area contributed by atoms with Crippen LogP contribution in [0.5, 0.6) is 11.6 Å². The van der Waals surface area contributed by atoms with Gasteiger partial charge in [-0.3, -0.25) is 0 Å². The molecule has 4 rings (SSSR count). The molecule has 4 heteroatoms. The van der Waals surface area contributed by atoms with Gasteiger partial charge in [-0.1, -0.05) is 48.5 Å². The standard InChI is InChI=1S/C19H16N2OS/c1-12-7-6-10-14-11-15-18(22-16(12)14)20-17(21-19(15)23-2)13-8-4-3-5-9-13/h3-10H,11H2,1-2H3. The Balaban J connectivity index is 1.86. The van der Waals surface area contributed by atoms with Crippen molar-refractivity contribution in [3.63, 3.8) is 0 Å². The minimum atomic E-state index is 0.685. The van der Waals surface area contributed by atoms with Gasteiger partial charge in [-0.25, -0.2) is 4.98 Å². The van der Waals surface area contributed by atoms with Crippen molar-refractivity contribution < 1.29 is 4.74 Å². The van der Waals surface area contributed by atoms with Crippen LogP contribution >= 0.6 is 11.8 Å². The molecule has 2 heterocycles. The van der Waals surface area contributed by atoms with Gasteiger partial charge in [0.1, 0.15) is 10.8 Å². The second-order valence-corrected chi connectivity index (χ2v) is 6.34. The Labute approximate surface area is 139 Å². The molecule has 0 aliphatic carbocycles. The maximum atomic E-state index is 6.15. The van der Waals surface area contributed by atoms with Crippen molar-refractivity contribution in [2.45, 2.75) is 18.4 Å². The van der Waals surface area contributed by atoms with Gasteiger partial charge < -0.3 is 4.74 Å². The van der Waals surface area contributed by atoms with Gasteiger partial charge in [-0.15, -0.1) is 11.8 Å². The predicted molar refractivity (Wildman–Crippen MR) is 93.3 cm³/mol. The largest absolute Gasteiger partial charge is 0.438 e. The van der Waals surface area contributed by atoms with Crippen LogP contribution in [0.3, 0.4) is 0 Å². The first-order valence-corrected chi connectivity index (χ1v) is 8.75. The number of nitrogens with zero attached hydrogens (tertiary/aromatic N) is 2. The third-order valence-corrected chi connectivity index (χ3v) is 4.74. The lowest BCUT2D eigenvalue weighted by Crippen LogP contribution is -2.09. The van der Waals surface area contributed by atoms with Crippen LogP contribution in [-0.4, -0.2) is 16.2 Å². The Morgan fingerprint density at radius 2 is 1.83 bits per heavy atom. The topological polar surface area (TPSA) is 35.0 Å². The van der Waals surface area contributed by atoms with E-state index < -0.39 is 0 Å². The molecular formula is C19H16N2OS. The van der Waals surface area contributed by atoms with E-state index in [2.05, 4.69) is 30.1 Å². The summed E-state index contributed by atoms with van der Waals surface area (Å²) in [6.07, 6.45) is 2.86. The Morgan fingerprint density at radius 1 is 1.00 bits per heavy atom. The first-order chi connectivity index (χ1) is 11.3. The molecule has 0 saturated carbocycles. The summed E-state index contributed by atoms with van der Waals surface area (Å²) in [4.78, 5) is 9.43. The van der Waals surface area contributed by atoms with E-state index >= 15 is 0 Å². The van der Waals surface area contributed by atoms with E-state index in [9.17, 15) is 0 Å². The molecule has 0 radical (unpaired) electrons. The summed E-state index contributed by atoms with van der Waals surface area (Å²) < 4.78 is 6.15. The molecule has 114 valence electrons. The minimum absolute atomic E-state index is 0.685. The molecule has 1 aliphatic heterocycles. The normalized spacial score (nSPS) is 12.3. The van der Waals surface area contributed by atoms with Crippen molar-refractivity contribution >= 4 is 11.8 Å². The quantitative estimate of drug-likeness (QED) is 0.390. The average Bonchev–Trinajstić information content (AvgIpc) is 2.60. The van der Waals surface area contributed by atoms with Gasteiger partial charge in [-0.05, 0) is 24.3 Å². The Bertz CT molecular complexity index is 878. The molecule has 1 aromatic heterocycles. The predicted octanol–water partition coefficient (Wildman–Crippen LogP) is 4.87. The zero-order valence-electron chi connectivity index (χ0n) is 13.0. The third-order valence-electron chi connectivity index (χ3n) is 4.02. The second-order valence-electron chi connectivity index (χ2n) is 5.55. The maximum Gasteiger partial charge on any atom is 0.227 e. The summed E-state index contributed by atoms with van der Waals surface area (Å²) in [5, 5.41) is 0.987. The van der Waals surface area contributed by atoms with E-state index in [4.69, 9.17) is 9.72 Å². The molecular weight excluding hydrogens is 304 g/mol. The van der Waals surface area contributed by atoms with E-state index in [0.717, 1.165) is 33.9 Å². The highest BCUT2D eigenvalue weighted by atomic mass is 32.2. The van der Waals surface area contributed by atoms with Crippen molar-refractivity contribution in [1.29, 1.82) is 0 Å². The molecule has 0 spiro atoms. The van der Waals surface area contributed by atoms with E-state index in [1.54, 1.807) is 11.8 Å². The monoisotopic (exact) mass is 320 g/mol. The summed E-state index contributed by atoms with van der Waals surface area (Å²) in [5.41, 5.74) is 4.42. The van der Waals surface area contributed by atoms with Crippen LogP contribution in [0.2, 0.25) is 0 Å². The maximum absolute atomic E-state index is 6.15. The van der Waals surface area contributed by atoms with Crippen LogP contribution in [0, 0.1) is 6.92 Å². The smallest absolute Gasteiger partial charge is 0.227 e. The molecule has 3 nitrogen and oxygen atoms in total.